The van der Waals surface area contributed by atoms with E-state index < -0.39 is 0 Å². The molecular formula is C17H25N3O. The molecule has 0 unspecified atom stereocenters. The van der Waals surface area contributed by atoms with Crippen molar-refractivity contribution in [3.8, 4) is 0 Å². The molecule has 2 N–H and O–H groups in total. The Morgan fingerprint density at radius 1 is 1.19 bits per heavy atom. The summed E-state index contributed by atoms with van der Waals surface area (Å²) in [6.45, 7) is 3.62. The van der Waals surface area contributed by atoms with Crippen molar-refractivity contribution in [2.75, 3.05) is 18.8 Å². The van der Waals surface area contributed by atoms with Gasteiger partial charge in [0.15, 0.2) is 0 Å². The number of anilines is 1. The van der Waals surface area contributed by atoms with E-state index in [9.17, 15) is 4.79 Å². The molecule has 114 valence electrons. The average molecular weight is 287 g/mol. The molecule has 2 fully saturated rings. The van der Waals surface area contributed by atoms with Crippen molar-refractivity contribution in [2.24, 2.45) is 5.41 Å². The van der Waals surface area contributed by atoms with Crippen LogP contribution in [0.3, 0.4) is 0 Å². The monoisotopic (exact) mass is 287 g/mol. The van der Waals surface area contributed by atoms with Crippen LogP contribution in [0.2, 0.25) is 0 Å². The highest BCUT2D eigenvalue weighted by atomic mass is 16.2. The molecule has 0 aromatic carbocycles. The average Bonchev–Trinajstić information content (AvgIpc) is 2.48. The quantitative estimate of drug-likeness (QED) is 0.863. The second-order valence-electron chi connectivity index (χ2n) is 6.77. The van der Waals surface area contributed by atoms with Crippen molar-refractivity contribution >= 4 is 11.6 Å². The van der Waals surface area contributed by atoms with Crippen molar-refractivity contribution in [2.45, 2.75) is 51.9 Å². The van der Waals surface area contributed by atoms with Crippen LogP contribution in [0.4, 0.5) is 5.69 Å². The minimum atomic E-state index is 0.0469. The number of pyridine rings is 1. The fourth-order valence-electron chi connectivity index (χ4n) is 3.92. The third-order valence-corrected chi connectivity index (χ3v) is 5.33. The molecular weight excluding hydrogens is 262 g/mol. The molecule has 21 heavy (non-hydrogen) atoms. The largest absolute Gasteiger partial charge is 0.398 e. The summed E-state index contributed by atoms with van der Waals surface area (Å²) >= 11 is 0. The molecule has 1 aliphatic heterocycles. The van der Waals surface area contributed by atoms with Gasteiger partial charge in [0.1, 0.15) is 0 Å². The first kappa shape index (κ1) is 14.4. The number of amides is 1. The Morgan fingerprint density at radius 3 is 2.48 bits per heavy atom. The van der Waals surface area contributed by atoms with E-state index in [4.69, 9.17) is 5.73 Å². The molecule has 4 nitrogen and oxygen atoms in total. The summed E-state index contributed by atoms with van der Waals surface area (Å²) < 4.78 is 0. The Hall–Kier alpha value is -1.58. The van der Waals surface area contributed by atoms with Gasteiger partial charge in [0.05, 0.1) is 5.56 Å². The van der Waals surface area contributed by atoms with Crippen LogP contribution in [-0.4, -0.2) is 28.9 Å². The second kappa shape index (κ2) is 5.66. The van der Waals surface area contributed by atoms with Gasteiger partial charge in [0.25, 0.3) is 5.91 Å². The maximum Gasteiger partial charge on any atom is 0.257 e. The molecule has 2 aliphatic rings. The van der Waals surface area contributed by atoms with Crippen molar-refractivity contribution in [3.63, 3.8) is 0 Å². The zero-order valence-electron chi connectivity index (χ0n) is 12.9. The molecule has 0 bridgehead atoms. The first-order chi connectivity index (χ1) is 10.1. The van der Waals surface area contributed by atoms with Gasteiger partial charge in [-0.25, -0.2) is 0 Å². The predicted molar refractivity (Wildman–Crippen MR) is 84.0 cm³/mol. The summed E-state index contributed by atoms with van der Waals surface area (Å²) in [5.74, 6) is 0.0469. The van der Waals surface area contributed by atoms with E-state index in [-0.39, 0.29) is 5.91 Å². The third kappa shape index (κ3) is 2.89. The molecule has 2 heterocycles. The van der Waals surface area contributed by atoms with E-state index in [0.717, 1.165) is 31.6 Å². The Kier molecular flexibility index (Phi) is 3.87. The first-order valence-corrected chi connectivity index (χ1v) is 8.11. The summed E-state index contributed by atoms with van der Waals surface area (Å²) in [6.07, 6.45) is 10.7. The summed E-state index contributed by atoms with van der Waals surface area (Å²) in [5, 5.41) is 0. The normalized spacial score (nSPS) is 21.5. The van der Waals surface area contributed by atoms with E-state index in [1.54, 1.807) is 12.3 Å². The molecule has 4 heteroatoms. The summed E-state index contributed by atoms with van der Waals surface area (Å²) in [6, 6.07) is 1.78. The van der Waals surface area contributed by atoms with E-state index in [0.29, 0.717) is 16.7 Å². The van der Waals surface area contributed by atoms with Crippen molar-refractivity contribution in [1.29, 1.82) is 0 Å². The SMILES string of the molecule is Cc1cc(N)c(C(=O)N2CCC3(CCCCC3)CC2)cn1. The fourth-order valence-corrected chi connectivity index (χ4v) is 3.92. The van der Waals surface area contributed by atoms with Crippen LogP contribution >= 0.6 is 0 Å². The lowest BCUT2D eigenvalue weighted by molar-refractivity contribution is 0.0472. The van der Waals surface area contributed by atoms with Gasteiger partial charge in [-0.15, -0.1) is 0 Å². The van der Waals surface area contributed by atoms with Crippen LogP contribution in [0.5, 0.6) is 0 Å². The van der Waals surface area contributed by atoms with Gasteiger partial charge >= 0.3 is 0 Å². The molecule has 0 atom stereocenters. The zero-order chi connectivity index (χ0) is 14.9. The van der Waals surface area contributed by atoms with E-state index in [2.05, 4.69) is 4.98 Å². The molecule has 1 saturated heterocycles. The van der Waals surface area contributed by atoms with Crippen molar-refractivity contribution < 1.29 is 4.79 Å². The molecule has 0 radical (unpaired) electrons. The second-order valence-corrected chi connectivity index (χ2v) is 6.77. The van der Waals surface area contributed by atoms with Crippen LogP contribution in [0.15, 0.2) is 12.3 Å². The van der Waals surface area contributed by atoms with Crippen LogP contribution in [0, 0.1) is 12.3 Å². The van der Waals surface area contributed by atoms with Gasteiger partial charge in [0.2, 0.25) is 0 Å². The maximum atomic E-state index is 12.6. The van der Waals surface area contributed by atoms with E-state index in [1.165, 1.54) is 32.1 Å². The molecule has 1 amide bonds. The summed E-state index contributed by atoms with van der Waals surface area (Å²) in [7, 11) is 0. The maximum absolute atomic E-state index is 12.6. The van der Waals surface area contributed by atoms with Gasteiger partial charge < -0.3 is 10.6 Å². The lowest BCUT2D eigenvalue weighted by Crippen LogP contribution is -2.44. The van der Waals surface area contributed by atoms with Gasteiger partial charge in [0, 0.05) is 30.7 Å². The number of carbonyl (C=O) groups excluding carboxylic acids is 1. The first-order valence-electron chi connectivity index (χ1n) is 8.11. The predicted octanol–water partition coefficient (Wildman–Crippen LogP) is 3.16. The fraction of sp³-hybridized carbons (Fsp3) is 0.647. The number of rotatable bonds is 1. The third-order valence-electron chi connectivity index (χ3n) is 5.33. The number of aromatic nitrogens is 1. The number of hydrogen-bond acceptors (Lipinski definition) is 3. The van der Waals surface area contributed by atoms with Crippen LogP contribution < -0.4 is 5.73 Å². The van der Waals surface area contributed by atoms with Crippen LogP contribution in [0.1, 0.15) is 61.0 Å². The van der Waals surface area contributed by atoms with Crippen molar-refractivity contribution in [1.82, 2.24) is 9.88 Å². The van der Waals surface area contributed by atoms with Crippen LogP contribution in [-0.2, 0) is 0 Å². The highest BCUT2D eigenvalue weighted by molar-refractivity contribution is 5.98. The number of carbonyl (C=O) groups is 1. The Labute approximate surface area is 126 Å². The minimum Gasteiger partial charge on any atom is -0.398 e. The molecule has 1 aliphatic carbocycles. The highest BCUT2D eigenvalue weighted by Gasteiger charge is 2.37. The standard InChI is InChI=1S/C17H25N3O/c1-13-11-15(18)14(12-19-13)16(21)20-9-7-17(8-10-20)5-3-2-4-6-17/h11-12H,2-10H2,1H3,(H2,18,19). The summed E-state index contributed by atoms with van der Waals surface area (Å²) in [4.78, 5) is 18.8. The van der Waals surface area contributed by atoms with Gasteiger partial charge in [-0.3, -0.25) is 9.78 Å². The smallest absolute Gasteiger partial charge is 0.257 e. The number of hydrogen-bond donors (Lipinski definition) is 1. The van der Waals surface area contributed by atoms with E-state index in [1.807, 2.05) is 11.8 Å². The van der Waals surface area contributed by atoms with Gasteiger partial charge in [-0.2, -0.15) is 0 Å². The van der Waals surface area contributed by atoms with Crippen LogP contribution in [0.25, 0.3) is 0 Å². The van der Waals surface area contributed by atoms with Crippen molar-refractivity contribution in [3.05, 3.63) is 23.5 Å². The molecule has 1 aromatic rings. The number of nitrogens with two attached hydrogens (primary N) is 1. The Morgan fingerprint density at radius 2 is 1.86 bits per heavy atom. The number of likely N-dealkylation sites (tertiary alicyclic amines) is 1. The molecule has 1 spiro atoms. The topological polar surface area (TPSA) is 59.2 Å². The number of nitrogens with zero attached hydrogens (tertiary/aromatic N) is 2. The number of nitrogen functional groups attached to an aromatic ring is 1. The van der Waals surface area contributed by atoms with Gasteiger partial charge in [-0.1, -0.05) is 19.3 Å². The molecule has 3 rings (SSSR count). The number of aryl methyl sites for hydroxylation is 1. The zero-order valence-corrected chi connectivity index (χ0v) is 12.9. The summed E-state index contributed by atoms with van der Waals surface area (Å²) in [5.41, 5.74) is 8.45. The lowest BCUT2D eigenvalue weighted by atomic mass is 9.68. The number of piperidine rings is 1. The Balaban J connectivity index is 1.67. The molecule has 1 saturated carbocycles. The van der Waals surface area contributed by atoms with Gasteiger partial charge in [-0.05, 0) is 44.1 Å². The highest BCUT2D eigenvalue weighted by Crippen LogP contribution is 2.44. The minimum absolute atomic E-state index is 0.0469. The Bertz CT molecular complexity index is 525. The lowest BCUT2D eigenvalue weighted by Gasteiger charge is -2.44. The molecule has 1 aromatic heterocycles. The van der Waals surface area contributed by atoms with E-state index >= 15 is 0 Å².